The Balaban J connectivity index is 2.28. The largest absolute Gasteiger partial charge is 0.384 e. The molecule has 0 aromatic carbocycles. The molecule has 1 amide bonds. The van der Waals surface area contributed by atoms with Crippen LogP contribution in [0.1, 0.15) is 26.2 Å². The van der Waals surface area contributed by atoms with Crippen molar-refractivity contribution < 1.29 is 14.6 Å². The summed E-state index contributed by atoms with van der Waals surface area (Å²) in [5.41, 5.74) is 0. The summed E-state index contributed by atoms with van der Waals surface area (Å²) in [5.74, 6) is -0.290. The summed E-state index contributed by atoms with van der Waals surface area (Å²) in [6.45, 7) is 1.47. The van der Waals surface area contributed by atoms with Crippen LogP contribution in [0.25, 0.3) is 0 Å². The zero-order valence-corrected chi connectivity index (χ0v) is 8.12. The van der Waals surface area contributed by atoms with E-state index in [0.29, 0.717) is 0 Å². The van der Waals surface area contributed by atoms with Gasteiger partial charge in [-0.3, -0.25) is 4.79 Å². The van der Waals surface area contributed by atoms with Gasteiger partial charge in [-0.1, -0.05) is 0 Å². The topological polar surface area (TPSA) is 58.6 Å². The summed E-state index contributed by atoms with van der Waals surface area (Å²) in [6, 6.07) is 0.173. The number of nitrogens with one attached hydrogen (secondary N) is 1. The van der Waals surface area contributed by atoms with Gasteiger partial charge < -0.3 is 15.2 Å². The minimum atomic E-state index is -0.915. The Morgan fingerprint density at radius 2 is 2.31 bits per heavy atom. The molecule has 2 unspecified atom stereocenters. The first-order valence-electron chi connectivity index (χ1n) is 4.64. The molecule has 0 aromatic rings. The van der Waals surface area contributed by atoms with E-state index in [4.69, 9.17) is 9.84 Å². The number of ether oxygens (including phenoxy) is 1. The number of rotatable bonds is 3. The van der Waals surface area contributed by atoms with Crippen molar-refractivity contribution in [1.82, 2.24) is 5.32 Å². The lowest BCUT2D eigenvalue weighted by molar-refractivity contribution is -0.129. The summed E-state index contributed by atoms with van der Waals surface area (Å²) in [6.07, 6.45) is 2.13. The van der Waals surface area contributed by atoms with Gasteiger partial charge in [0.1, 0.15) is 6.10 Å². The number of methoxy groups -OCH3 is 1. The Kier molecular flexibility index (Phi) is 3.69. The lowest BCUT2D eigenvalue weighted by atomic mass is 10.2. The van der Waals surface area contributed by atoms with E-state index in [1.165, 1.54) is 6.92 Å². The molecular weight excluding hydrogens is 170 g/mol. The van der Waals surface area contributed by atoms with Gasteiger partial charge in [-0.2, -0.15) is 0 Å². The molecule has 3 atom stereocenters. The van der Waals surface area contributed by atoms with Crippen LogP contribution in [0, 0.1) is 0 Å². The monoisotopic (exact) mass is 187 g/mol. The number of amides is 1. The third-order valence-electron chi connectivity index (χ3n) is 2.44. The Labute approximate surface area is 78.3 Å². The van der Waals surface area contributed by atoms with Crippen LogP contribution in [0.3, 0.4) is 0 Å². The standard InChI is InChI=1S/C9H17NO3/c1-6(11)9(12)10-7-3-4-8(5-7)13-2/h6-8,11H,3-5H2,1-2H3,(H,10,12)/t6-,7?,8?/m0/s1. The normalized spacial score (nSPS) is 30.1. The maximum atomic E-state index is 11.1. The van der Waals surface area contributed by atoms with Crippen molar-refractivity contribution in [3.05, 3.63) is 0 Å². The van der Waals surface area contributed by atoms with E-state index in [-0.39, 0.29) is 18.1 Å². The highest BCUT2D eigenvalue weighted by Crippen LogP contribution is 2.21. The number of carbonyl (C=O) groups excluding carboxylic acids is 1. The summed E-state index contributed by atoms with van der Waals surface area (Å²) >= 11 is 0. The summed E-state index contributed by atoms with van der Waals surface area (Å²) in [5, 5.41) is 11.7. The summed E-state index contributed by atoms with van der Waals surface area (Å²) < 4.78 is 5.17. The zero-order chi connectivity index (χ0) is 9.84. The van der Waals surface area contributed by atoms with E-state index < -0.39 is 6.10 Å². The highest BCUT2D eigenvalue weighted by Gasteiger charge is 2.26. The van der Waals surface area contributed by atoms with E-state index in [9.17, 15) is 4.79 Å². The van der Waals surface area contributed by atoms with Gasteiger partial charge in [0, 0.05) is 13.2 Å². The van der Waals surface area contributed by atoms with Gasteiger partial charge in [-0.25, -0.2) is 0 Å². The third kappa shape index (κ3) is 2.97. The van der Waals surface area contributed by atoms with Crippen LogP contribution in [-0.2, 0) is 9.53 Å². The fraction of sp³-hybridized carbons (Fsp3) is 0.889. The molecular formula is C9H17NO3. The van der Waals surface area contributed by atoms with Crippen molar-refractivity contribution in [2.75, 3.05) is 7.11 Å². The molecule has 0 spiro atoms. The molecule has 13 heavy (non-hydrogen) atoms. The van der Waals surface area contributed by atoms with Crippen molar-refractivity contribution >= 4 is 5.91 Å². The number of hydrogen-bond donors (Lipinski definition) is 2. The summed E-state index contributed by atoms with van der Waals surface area (Å²) in [4.78, 5) is 11.1. The average molecular weight is 187 g/mol. The van der Waals surface area contributed by atoms with Crippen LogP contribution in [0.15, 0.2) is 0 Å². The van der Waals surface area contributed by atoms with Crippen LogP contribution in [0.4, 0.5) is 0 Å². The van der Waals surface area contributed by atoms with Gasteiger partial charge >= 0.3 is 0 Å². The van der Waals surface area contributed by atoms with Crippen LogP contribution in [-0.4, -0.2) is 36.4 Å². The maximum Gasteiger partial charge on any atom is 0.248 e. The molecule has 4 heteroatoms. The first kappa shape index (κ1) is 10.5. The van der Waals surface area contributed by atoms with Crippen molar-refractivity contribution in [2.24, 2.45) is 0 Å². The molecule has 0 aliphatic heterocycles. The van der Waals surface area contributed by atoms with Gasteiger partial charge in [-0.15, -0.1) is 0 Å². The molecule has 0 bridgehead atoms. The second kappa shape index (κ2) is 4.58. The predicted octanol–water partition coefficient (Wildman–Crippen LogP) is 0.0509. The minimum absolute atomic E-state index is 0.173. The Hall–Kier alpha value is -0.610. The van der Waals surface area contributed by atoms with Crippen LogP contribution in [0.5, 0.6) is 0 Å². The van der Waals surface area contributed by atoms with Crippen LogP contribution in [0.2, 0.25) is 0 Å². The van der Waals surface area contributed by atoms with Crippen molar-refractivity contribution in [1.29, 1.82) is 0 Å². The second-order valence-corrected chi connectivity index (χ2v) is 3.55. The quantitative estimate of drug-likeness (QED) is 0.656. The van der Waals surface area contributed by atoms with Gasteiger partial charge in [0.2, 0.25) is 5.91 Å². The molecule has 1 saturated carbocycles. The Morgan fingerprint density at radius 3 is 2.77 bits per heavy atom. The highest BCUT2D eigenvalue weighted by atomic mass is 16.5. The lowest BCUT2D eigenvalue weighted by Gasteiger charge is -2.13. The average Bonchev–Trinajstić information content (AvgIpc) is 2.52. The van der Waals surface area contributed by atoms with E-state index in [0.717, 1.165) is 19.3 Å². The predicted molar refractivity (Wildman–Crippen MR) is 48.3 cm³/mol. The van der Waals surface area contributed by atoms with E-state index in [1.54, 1.807) is 7.11 Å². The Bertz CT molecular complexity index is 182. The minimum Gasteiger partial charge on any atom is -0.384 e. The van der Waals surface area contributed by atoms with Gasteiger partial charge in [0.15, 0.2) is 0 Å². The number of carbonyl (C=O) groups is 1. The molecule has 1 aliphatic rings. The zero-order valence-electron chi connectivity index (χ0n) is 8.12. The molecule has 1 rings (SSSR count). The van der Waals surface area contributed by atoms with Crippen LogP contribution >= 0.6 is 0 Å². The SMILES string of the molecule is COC1CCC(NC(=O)[C@H](C)O)C1. The van der Waals surface area contributed by atoms with Crippen molar-refractivity contribution in [3.63, 3.8) is 0 Å². The number of aliphatic hydroxyl groups excluding tert-OH is 1. The fourth-order valence-corrected chi connectivity index (χ4v) is 1.61. The number of aliphatic hydroxyl groups is 1. The van der Waals surface area contributed by atoms with Gasteiger partial charge in [-0.05, 0) is 26.2 Å². The molecule has 76 valence electrons. The molecule has 4 nitrogen and oxygen atoms in total. The Morgan fingerprint density at radius 1 is 1.62 bits per heavy atom. The smallest absolute Gasteiger partial charge is 0.248 e. The second-order valence-electron chi connectivity index (χ2n) is 3.55. The molecule has 0 saturated heterocycles. The highest BCUT2D eigenvalue weighted by molar-refractivity contribution is 5.80. The molecule has 2 N–H and O–H groups in total. The van der Waals surface area contributed by atoms with Crippen molar-refractivity contribution in [2.45, 2.75) is 44.4 Å². The van der Waals surface area contributed by atoms with E-state index >= 15 is 0 Å². The molecule has 0 aromatic heterocycles. The van der Waals surface area contributed by atoms with Gasteiger partial charge in [0.25, 0.3) is 0 Å². The molecule has 1 aliphatic carbocycles. The molecule has 0 radical (unpaired) electrons. The first-order valence-corrected chi connectivity index (χ1v) is 4.64. The molecule has 1 fully saturated rings. The summed E-state index contributed by atoms with van der Waals surface area (Å²) in [7, 11) is 1.68. The third-order valence-corrected chi connectivity index (χ3v) is 2.44. The van der Waals surface area contributed by atoms with Crippen molar-refractivity contribution in [3.8, 4) is 0 Å². The number of hydrogen-bond acceptors (Lipinski definition) is 3. The van der Waals surface area contributed by atoms with Gasteiger partial charge in [0.05, 0.1) is 6.10 Å². The first-order chi connectivity index (χ1) is 6.13. The lowest BCUT2D eigenvalue weighted by Crippen LogP contribution is -2.39. The fourth-order valence-electron chi connectivity index (χ4n) is 1.61. The maximum absolute atomic E-state index is 11.1. The van der Waals surface area contributed by atoms with E-state index in [2.05, 4.69) is 5.32 Å². The molecule has 0 heterocycles. The van der Waals surface area contributed by atoms with E-state index in [1.807, 2.05) is 0 Å². The van der Waals surface area contributed by atoms with Crippen LogP contribution < -0.4 is 5.32 Å².